The van der Waals surface area contributed by atoms with E-state index in [1.54, 1.807) is 18.2 Å². The van der Waals surface area contributed by atoms with Crippen LogP contribution in [0.3, 0.4) is 0 Å². The lowest BCUT2D eigenvalue weighted by Gasteiger charge is -2.41. The number of carbonyl (C=O) groups excluding carboxylic acids is 1. The van der Waals surface area contributed by atoms with Crippen LogP contribution in [-0.4, -0.2) is 51.2 Å². The van der Waals surface area contributed by atoms with Crippen LogP contribution in [0, 0.1) is 0 Å². The SMILES string of the molecule is C=C/C=C(\CC=C)N1CCN(C(=O)c2nn(CC)c(=O)c3ccccc23)[C@@H](C)C1. The molecule has 0 radical (unpaired) electrons. The van der Waals surface area contributed by atoms with Crippen molar-refractivity contribution in [3.05, 3.63) is 77.4 Å². The first kappa shape index (κ1) is 20.6. The summed E-state index contributed by atoms with van der Waals surface area (Å²) in [6, 6.07) is 7.21. The Morgan fingerprint density at radius 3 is 2.59 bits per heavy atom. The smallest absolute Gasteiger partial charge is 0.275 e. The number of fused-ring (bicyclic) bond motifs is 1. The summed E-state index contributed by atoms with van der Waals surface area (Å²) in [6.07, 6.45) is 6.42. The van der Waals surface area contributed by atoms with Gasteiger partial charge in [0, 0.05) is 49.7 Å². The van der Waals surface area contributed by atoms with Gasteiger partial charge in [0.1, 0.15) is 0 Å². The van der Waals surface area contributed by atoms with E-state index >= 15 is 0 Å². The molecule has 2 aromatic rings. The highest BCUT2D eigenvalue weighted by Crippen LogP contribution is 2.21. The number of rotatable bonds is 6. The number of aromatic nitrogens is 2. The van der Waals surface area contributed by atoms with E-state index in [1.165, 1.54) is 4.68 Å². The first-order valence-corrected chi connectivity index (χ1v) is 10.00. The lowest BCUT2D eigenvalue weighted by atomic mass is 10.1. The maximum Gasteiger partial charge on any atom is 0.275 e. The number of hydrogen-bond acceptors (Lipinski definition) is 4. The van der Waals surface area contributed by atoms with Crippen molar-refractivity contribution in [1.29, 1.82) is 0 Å². The molecular weight excluding hydrogens is 364 g/mol. The van der Waals surface area contributed by atoms with Gasteiger partial charge in [-0.05, 0) is 26.0 Å². The van der Waals surface area contributed by atoms with Crippen LogP contribution in [0.15, 0.2) is 66.1 Å². The number of hydrogen-bond donors (Lipinski definition) is 0. The van der Waals surface area contributed by atoms with Crippen molar-refractivity contribution >= 4 is 16.7 Å². The highest BCUT2D eigenvalue weighted by Gasteiger charge is 2.30. The molecule has 0 unspecified atom stereocenters. The number of nitrogens with zero attached hydrogens (tertiary/aromatic N) is 4. The summed E-state index contributed by atoms with van der Waals surface area (Å²) in [6.45, 7) is 14.0. The van der Waals surface area contributed by atoms with Gasteiger partial charge in [0.05, 0.1) is 5.39 Å². The van der Waals surface area contributed by atoms with Crippen molar-refractivity contribution in [3.63, 3.8) is 0 Å². The molecule has 3 rings (SSSR count). The molecule has 0 N–H and O–H groups in total. The second-order valence-electron chi connectivity index (χ2n) is 7.20. The summed E-state index contributed by atoms with van der Waals surface area (Å²) in [4.78, 5) is 30.1. The maximum atomic E-state index is 13.4. The third kappa shape index (κ3) is 4.01. The van der Waals surface area contributed by atoms with Gasteiger partial charge in [-0.15, -0.1) is 6.58 Å². The largest absolute Gasteiger partial charge is 0.371 e. The Morgan fingerprint density at radius 2 is 1.97 bits per heavy atom. The van der Waals surface area contributed by atoms with Crippen molar-refractivity contribution in [1.82, 2.24) is 19.6 Å². The lowest BCUT2D eigenvalue weighted by Crippen LogP contribution is -2.53. The van der Waals surface area contributed by atoms with Gasteiger partial charge < -0.3 is 9.80 Å². The number of allylic oxidation sites excluding steroid dienone is 3. The minimum absolute atomic E-state index is 0.0110. The molecule has 1 saturated heterocycles. The Balaban J connectivity index is 1.92. The molecule has 152 valence electrons. The fourth-order valence-electron chi connectivity index (χ4n) is 3.85. The fourth-order valence-corrected chi connectivity index (χ4v) is 3.85. The van der Waals surface area contributed by atoms with Crippen molar-refractivity contribution in [2.45, 2.75) is 32.9 Å². The standard InChI is InChI=1S/C23H28N4O2/c1-5-10-18(11-6-2)25-14-15-26(17(4)16-25)23(29)21-19-12-8-9-13-20(19)22(28)27(7-3)24-21/h5-6,8-10,12-13,17H,1-2,7,11,14-16H2,3-4H3/b18-10+/t17-/m0/s1. The van der Waals surface area contributed by atoms with E-state index in [-0.39, 0.29) is 17.5 Å². The molecule has 0 saturated carbocycles. The summed E-state index contributed by atoms with van der Waals surface area (Å²) in [5, 5.41) is 5.54. The molecule has 0 aliphatic carbocycles. The van der Waals surface area contributed by atoms with E-state index in [0.717, 1.165) is 25.2 Å². The Labute approximate surface area is 171 Å². The van der Waals surface area contributed by atoms with Crippen molar-refractivity contribution in [3.8, 4) is 0 Å². The van der Waals surface area contributed by atoms with Gasteiger partial charge in [0.25, 0.3) is 11.5 Å². The van der Waals surface area contributed by atoms with Crippen LogP contribution in [0.4, 0.5) is 0 Å². The minimum atomic E-state index is -0.166. The summed E-state index contributed by atoms with van der Waals surface area (Å²) < 4.78 is 1.37. The Morgan fingerprint density at radius 1 is 1.24 bits per heavy atom. The summed E-state index contributed by atoms with van der Waals surface area (Å²) in [5.74, 6) is -0.131. The van der Waals surface area contributed by atoms with Gasteiger partial charge in [-0.2, -0.15) is 5.10 Å². The van der Waals surface area contributed by atoms with Crippen LogP contribution in [0.2, 0.25) is 0 Å². The first-order chi connectivity index (χ1) is 14.0. The van der Waals surface area contributed by atoms with Crippen LogP contribution < -0.4 is 5.56 Å². The molecule has 1 aromatic carbocycles. The molecule has 1 fully saturated rings. The molecule has 29 heavy (non-hydrogen) atoms. The molecule has 1 aliphatic rings. The third-order valence-electron chi connectivity index (χ3n) is 5.33. The van der Waals surface area contributed by atoms with E-state index in [2.05, 4.69) is 23.2 Å². The average Bonchev–Trinajstić information content (AvgIpc) is 2.73. The summed E-state index contributed by atoms with van der Waals surface area (Å²) >= 11 is 0. The van der Waals surface area contributed by atoms with Gasteiger partial charge in [0.15, 0.2) is 5.69 Å². The van der Waals surface area contributed by atoms with Crippen LogP contribution in [0.25, 0.3) is 10.8 Å². The fraction of sp³-hybridized carbons (Fsp3) is 0.348. The quantitative estimate of drug-likeness (QED) is 0.560. The second-order valence-corrected chi connectivity index (χ2v) is 7.20. The third-order valence-corrected chi connectivity index (χ3v) is 5.33. The second kappa shape index (κ2) is 8.90. The zero-order chi connectivity index (χ0) is 21.0. The summed E-state index contributed by atoms with van der Waals surface area (Å²) in [7, 11) is 0. The van der Waals surface area contributed by atoms with E-state index in [1.807, 2.05) is 43.0 Å². The number of aryl methyl sites for hydroxylation is 1. The molecule has 2 heterocycles. The zero-order valence-electron chi connectivity index (χ0n) is 17.2. The molecular formula is C23H28N4O2. The van der Waals surface area contributed by atoms with Crippen molar-refractivity contribution < 1.29 is 4.79 Å². The number of amides is 1. The number of piperazine rings is 1. The van der Waals surface area contributed by atoms with Crippen molar-refractivity contribution in [2.24, 2.45) is 0 Å². The number of benzene rings is 1. The zero-order valence-corrected chi connectivity index (χ0v) is 17.2. The van der Waals surface area contributed by atoms with Crippen LogP contribution in [0.1, 0.15) is 30.8 Å². The van der Waals surface area contributed by atoms with Crippen molar-refractivity contribution in [2.75, 3.05) is 19.6 Å². The Bertz CT molecular complexity index is 1020. The van der Waals surface area contributed by atoms with Crippen LogP contribution >= 0.6 is 0 Å². The molecule has 1 aliphatic heterocycles. The molecule has 0 spiro atoms. The monoisotopic (exact) mass is 392 g/mol. The highest BCUT2D eigenvalue weighted by atomic mass is 16.2. The van der Waals surface area contributed by atoms with E-state index in [9.17, 15) is 9.59 Å². The van der Waals surface area contributed by atoms with E-state index in [0.29, 0.717) is 29.6 Å². The van der Waals surface area contributed by atoms with Gasteiger partial charge >= 0.3 is 0 Å². The predicted molar refractivity (Wildman–Crippen MR) is 117 cm³/mol. The maximum absolute atomic E-state index is 13.4. The molecule has 1 amide bonds. The highest BCUT2D eigenvalue weighted by molar-refractivity contribution is 6.04. The molecule has 1 aromatic heterocycles. The number of carbonyl (C=O) groups is 1. The Hall–Kier alpha value is -3.15. The first-order valence-electron chi connectivity index (χ1n) is 10.00. The molecule has 6 nitrogen and oxygen atoms in total. The average molecular weight is 393 g/mol. The Kier molecular flexibility index (Phi) is 6.32. The van der Waals surface area contributed by atoms with Gasteiger partial charge in [0.2, 0.25) is 0 Å². The molecule has 1 atom stereocenters. The van der Waals surface area contributed by atoms with Gasteiger partial charge in [-0.1, -0.05) is 36.9 Å². The van der Waals surface area contributed by atoms with Crippen LogP contribution in [-0.2, 0) is 6.54 Å². The minimum Gasteiger partial charge on any atom is -0.371 e. The topological polar surface area (TPSA) is 58.4 Å². The van der Waals surface area contributed by atoms with Crippen LogP contribution in [0.5, 0.6) is 0 Å². The van der Waals surface area contributed by atoms with Gasteiger partial charge in [-0.3, -0.25) is 9.59 Å². The predicted octanol–water partition coefficient (Wildman–Crippen LogP) is 3.21. The molecule has 6 heteroatoms. The van der Waals surface area contributed by atoms with E-state index < -0.39 is 0 Å². The van der Waals surface area contributed by atoms with E-state index in [4.69, 9.17) is 0 Å². The van der Waals surface area contributed by atoms with Gasteiger partial charge in [-0.25, -0.2) is 4.68 Å². The normalized spacial score (nSPS) is 17.4. The summed E-state index contributed by atoms with van der Waals surface area (Å²) in [5.41, 5.74) is 1.33. The lowest BCUT2D eigenvalue weighted by molar-refractivity contribution is 0.0534. The molecule has 0 bridgehead atoms.